The Bertz CT molecular complexity index is 215. The van der Waals surface area contributed by atoms with Gasteiger partial charge in [-0.3, -0.25) is 0 Å². The molecular weight excluding hydrogens is 171 g/mol. The van der Waals surface area contributed by atoms with Crippen LogP contribution in [-0.2, 0) is 0 Å². The summed E-state index contributed by atoms with van der Waals surface area (Å²) in [5.74, 6) is 0.502. The van der Waals surface area contributed by atoms with Crippen LogP contribution in [0.25, 0.3) is 0 Å². The summed E-state index contributed by atoms with van der Waals surface area (Å²) in [6.45, 7) is 0. The van der Waals surface area contributed by atoms with Crippen molar-refractivity contribution in [3.05, 3.63) is 28.2 Å². The first kappa shape index (κ1) is 7.70. The van der Waals surface area contributed by atoms with Gasteiger partial charge in [-0.05, 0) is 18.2 Å². The molecule has 1 radical (unpaired) electrons. The average Bonchev–Trinajstić information content (AvgIpc) is 1.88. The Labute approximate surface area is 69.5 Å². The SMILES string of the molecule is COc1c(Cl)c[c]cc1Cl. The minimum absolute atomic E-state index is 0.481. The topological polar surface area (TPSA) is 9.23 Å². The summed E-state index contributed by atoms with van der Waals surface area (Å²) in [5.41, 5.74) is 0. The van der Waals surface area contributed by atoms with Gasteiger partial charge in [-0.25, -0.2) is 0 Å². The average molecular weight is 176 g/mol. The van der Waals surface area contributed by atoms with Crippen molar-refractivity contribution in [3.63, 3.8) is 0 Å². The van der Waals surface area contributed by atoms with Crippen molar-refractivity contribution in [2.24, 2.45) is 0 Å². The van der Waals surface area contributed by atoms with Gasteiger partial charge in [0.15, 0.2) is 5.75 Å². The van der Waals surface area contributed by atoms with Crippen LogP contribution in [0.1, 0.15) is 0 Å². The fourth-order valence-corrected chi connectivity index (χ4v) is 1.16. The van der Waals surface area contributed by atoms with E-state index >= 15 is 0 Å². The zero-order chi connectivity index (χ0) is 7.56. The van der Waals surface area contributed by atoms with Crippen LogP contribution in [0.4, 0.5) is 0 Å². The summed E-state index contributed by atoms with van der Waals surface area (Å²) in [4.78, 5) is 0. The maximum atomic E-state index is 5.69. The lowest BCUT2D eigenvalue weighted by atomic mass is 10.3. The summed E-state index contributed by atoms with van der Waals surface area (Å²) >= 11 is 11.4. The van der Waals surface area contributed by atoms with E-state index in [1.54, 1.807) is 12.1 Å². The number of halogens is 2. The summed E-state index contributed by atoms with van der Waals surface area (Å²) < 4.78 is 4.89. The number of hydrogen-bond acceptors (Lipinski definition) is 1. The third-order valence-electron chi connectivity index (χ3n) is 1.06. The van der Waals surface area contributed by atoms with Crippen molar-refractivity contribution in [3.8, 4) is 5.75 Å². The van der Waals surface area contributed by atoms with Crippen molar-refractivity contribution < 1.29 is 4.74 Å². The molecule has 0 amide bonds. The molecule has 0 saturated carbocycles. The largest absolute Gasteiger partial charge is 0.494 e. The van der Waals surface area contributed by atoms with Crippen molar-refractivity contribution in [2.45, 2.75) is 0 Å². The van der Waals surface area contributed by atoms with Gasteiger partial charge >= 0.3 is 0 Å². The maximum Gasteiger partial charge on any atom is 0.156 e. The highest BCUT2D eigenvalue weighted by atomic mass is 35.5. The van der Waals surface area contributed by atoms with Crippen LogP contribution in [0.2, 0.25) is 10.0 Å². The van der Waals surface area contributed by atoms with E-state index in [1.807, 2.05) is 0 Å². The molecule has 53 valence electrons. The van der Waals surface area contributed by atoms with E-state index in [0.717, 1.165) is 0 Å². The van der Waals surface area contributed by atoms with Gasteiger partial charge in [-0.1, -0.05) is 23.2 Å². The van der Waals surface area contributed by atoms with E-state index in [1.165, 1.54) is 7.11 Å². The van der Waals surface area contributed by atoms with Gasteiger partial charge in [-0.15, -0.1) is 0 Å². The summed E-state index contributed by atoms with van der Waals surface area (Å²) in [6, 6.07) is 5.97. The van der Waals surface area contributed by atoms with E-state index in [4.69, 9.17) is 27.9 Å². The molecule has 0 spiro atoms. The van der Waals surface area contributed by atoms with Gasteiger partial charge < -0.3 is 4.74 Å². The number of hydrogen-bond donors (Lipinski definition) is 0. The first-order chi connectivity index (χ1) is 4.75. The molecule has 0 aromatic heterocycles. The first-order valence-electron chi connectivity index (χ1n) is 2.65. The van der Waals surface area contributed by atoms with Gasteiger partial charge in [0.2, 0.25) is 0 Å². The smallest absolute Gasteiger partial charge is 0.156 e. The molecule has 0 N–H and O–H groups in total. The highest BCUT2D eigenvalue weighted by molar-refractivity contribution is 6.37. The fraction of sp³-hybridized carbons (Fsp3) is 0.143. The monoisotopic (exact) mass is 175 g/mol. The molecule has 10 heavy (non-hydrogen) atoms. The Balaban J connectivity index is 3.17. The van der Waals surface area contributed by atoms with E-state index in [-0.39, 0.29) is 0 Å². The summed E-state index contributed by atoms with van der Waals surface area (Å²) in [7, 11) is 1.52. The Kier molecular flexibility index (Phi) is 2.41. The zero-order valence-corrected chi connectivity index (χ0v) is 6.83. The predicted octanol–water partition coefficient (Wildman–Crippen LogP) is 2.80. The van der Waals surface area contributed by atoms with E-state index < -0.39 is 0 Å². The number of ether oxygens (including phenoxy) is 1. The van der Waals surface area contributed by atoms with Crippen LogP contribution >= 0.6 is 23.2 Å². The molecule has 0 aliphatic rings. The number of rotatable bonds is 1. The van der Waals surface area contributed by atoms with Crippen LogP contribution in [0.3, 0.4) is 0 Å². The van der Waals surface area contributed by atoms with Gasteiger partial charge in [0, 0.05) is 0 Å². The Morgan fingerprint density at radius 1 is 1.30 bits per heavy atom. The second kappa shape index (κ2) is 3.13. The normalized spacial score (nSPS) is 9.50. The van der Waals surface area contributed by atoms with Gasteiger partial charge in [-0.2, -0.15) is 0 Å². The standard InChI is InChI=1S/C7H5Cl2O/c1-10-7-5(8)3-2-4-6(7)9/h3-4H,1H3. The third-order valence-corrected chi connectivity index (χ3v) is 1.62. The molecule has 0 heterocycles. The Hall–Kier alpha value is -0.400. The van der Waals surface area contributed by atoms with Crippen LogP contribution in [-0.4, -0.2) is 7.11 Å². The van der Waals surface area contributed by atoms with Crippen molar-refractivity contribution in [1.82, 2.24) is 0 Å². The quantitative estimate of drug-likeness (QED) is 0.639. The molecule has 1 aromatic rings. The van der Waals surface area contributed by atoms with Crippen LogP contribution < -0.4 is 4.74 Å². The minimum atomic E-state index is 0.481. The first-order valence-corrected chi connectivity index (χ1v) is 3.40. The van der Waals surface area contributed by atoms with Crippen molar-refractivity contribution >= 4 is 23.2 Å². The second-order valence-electron chi connectivity index (χ2n) is 1.68. The molecule has 0 atom stereocenters. The van der Waals surface area contributed by atoms with Gasteiger partial charge in [0.05, 0.1) is 17.2 Å². The molecule has 0 aliphatic heterocycles. The molecule has 1 aromatic carbocycles. The maximum absolute atomic E-state index is 5.69. The van der Waals surface area contributed by atoms with Gasteiger partial charge in [0.1, 0.15) is 0 Å². The molecule has 0 fully saturated rings. The zero-order valence-electron chi connectivity index (χ0n) is 5.32. The molecule has 0 aliphatic carbocycles. The van der Waals surface area contributed by atoms with Crippen LogP contribution in [0, 0.1) is 6.07 Å². The second-order valence-corrected chi connectivity index (χ2v) is 2.50. The van der Waals surface area contributed by atoms with Crippen LogP contribution in [0.5, 0.6) is 5.75 Å². The molecule has 3 heteroatoms. The fourth-order valence-electron chi connectivity index (χ4n) is 0.628. The van der Waals surface area contributed by atoms with Crippen molar-refractivity contribution in [2.75, 3.05) is 7.11 Å². The number of benzene rings is 1. The van der Waals surface area contributed by atoms with E-state index in [2.05, 4.69) is 6.07 Å². The highest BCUT2D eigenvalue weighted by Gasteiger charge is 2.02. The Morgan fingerprint density at radius 3 is 2.10 bits per heavy atom. The van der Waals surface area contributed by atoms with Crippen LogP contribution in [0.15, 0.2) is 12.1 Å². The molecule has 0 bridgehead atoms. The third kappa shape index (κ3) is 1.36. The molecule has 0 saturated heterocycles. The van der Waals surface area contributed by atoms with Gasteiger partial charge in [0.25, 0.3) is 0 Å². The lowest BCUT2D eigenvalue weighted by molar-refractivity contribution is 0.415. The summed E-state index contributed by atoms with van der Waals surface area (Å²) in [5, 5.41) is 0.963. The van der Waals surface area contributed by atoms with Crippen molar-refractivity contribution in [1.29, 1.82) is 0 Å². The molecule has 1 rings (SSSR count). The minimum Gasteiger partial charge on any atom is -0.494 e. The lowest BCUT2D eigenvalue weighted by Crippen LogP contribution is -1.84. The van der Waals surface area contributed by atoms with E-state index in [9.17, 15) is 0 Å². The number of methoxy groups -OCH3 is 1. The van der Waals surface area contributed by atoms with E-state index in [0.29, 0.717) is 15.8 Å². The summed E-state index contributed by atoms with van der Waals surface area (Å²) in [6.07, 6.45) is 0. The lowest BCUT2D eigenvalue weighted by Gasteiger charge is -2.02. The molecule has 1 nitrogen and oxygen atoms in total. The molecule has 0 unspecified atom stereocenters. The predicted molar refractivity (Wildman–Crippen MR) is 41.9 cm³/mol. The highest BCUT2D eigenvalue weighted by Crippen LogP contribution is 2.31. The molecular formula is C7H5Cl2O. The Morgan fingerprint density at radius 2 is 1.80 bits per heavy atom.